The summed E-state index contributed by atoms with van der Waals surface area (Å²) in [5.74, 6) is -1.03. The summed E-state index contributed by atoms with van der Waals surface area (Å²) in [7, 11) is 2.84. The molecule has 0 aromatic heterocycles. The lowest BCUT2D eigenvalue weighted by atomic mass is 9.88. The van der Waals surface area contributed by atoms with Crippen molar-refractivity contribution in [3.63, 3.8) is 0 Å². The van der Waals surface area contributed by atoms with Crippen LogP contribution < -0.4 is 4.74 Å². The molecule has 0 spiro atoms. The van der Waals surface area contributed by atoms with Crippen LogP contribution in [0.2, 0.25) is 0 Å². The lowest BCUT2D eigenvalue weighted by Crippen LogP contribution is -2.30. The first kappa shape index (κ1) is 15.7. The van der Waals surface area contributed by atoms with Gasteiger partial charge in [-0.1, -0.05) is 13.8 Å². The van der Waals surface area contributed by atoms with Crippen molar-refractivity contribution in [2.45, 2.75) is 13.8 Å². The predicted molar refractivity (Wildman–Crippen MR) is 75.4 cm³/mol. The smallest absolute Gasteiger partial charge is 0.316 e. The number of benzene rings is 1. The third-order valence-corrected chi connectivity index (χ3v) is 3.46. The van der Waals surface area contributed by atoms with E-state index in [0.717, 1.165) is 0 Å². The average molecular weight is 329 g/mol. The quantitative estimate of drug-likeness (QED) is 0.473. The Morgan fingerprint density at radius 1 is 1.21 bits per heavy atom. The molecule has 0 bridgehead atoms. The van der Waals surface area contributed by atoms with E-state index in [1.807, 2.05) is 13.8 Å². The molecule has 0 aliphatic heterocycles. The molecule has 0 saturated heterocycles. The van der Waals surface area contributed by atoms with Gasteiger partial charge in [-0.05, 0) is 40.0 Å². The number of ether oxygens (including phenoxy) is 2. The van der Waals surface area contributed by atoms with Crippen molar-refractivity contribution < 1.29 is 19.1 Å². The van der Waals surface area contributed by atoms with Gasteiger partial charge in [-0.3, -0.25) is 9.59 Å². The molecule has 0 N–H and O–H groups in total. The second-order valence-corrected chi connectivity index (χ2v) is 5.31. The van der Waals surface area contributed by atoms with E-state index in [2.05, 4.69) is 15.9 Å². The summed E-state index contributed by atoms with van der Waals surface area (Å²) in [4.78, 5) is 24.1. The molecule has 0 aliphatic carbocycles. The van der Waals surface area contributed by atoms with Gasteiger partial charge in [-0.25, -0.2) is 0 Å². The number of esters is 1. The summed E-state index contributed by atoms with van der Waals surface area (Å²) < 4.78 is 10.5. The molecule has 1 aromatic rings. The Bertz CT molecular complexity index is 482. The highest BCUT2D eigenvalue weighted by Crippen LogP contribution is 2.28. The lowest BCUT2D eigenvalue weighted by Gasteiger charge is -2.17. The van der Waals surface area contributed by atoms with Gasteiger partial charge in [0.2, 0.25) is 0 Å². The summed E-state index contributed by atoms with van der Waals surface area (Å²) in [5, 5.41) is 0. The van der Waals surface area contributed by atoms with Gasteiger partial charge in [0.1, 0.15) is 11.7 Å². The molecule has 0 amide bonds. The molecule has 0 saturated carbocycles. The van der Waals surface area contributed by atoms with E-state index in [-0.39, 0.29) is 11.7 Å². The highest BCUT2D eigenvalue weighted by atomic mass is 79.9. The Balaban J connectivity index is 3.10. The zero-order chi connectivity index (χ0) is 14.6. The summed E-state index contributed by atoms with van der Waals surface area (Å²) in [6.45, 7) is 3.64. The zero-order valence-corrected chi connectivity index (χ0v) is 13.0. The number of halogens is 1. The van der Waals surface area contributed by atoms with Crippen LogP contribution in [-0.2, 0) is 9.53 Å². The van der Waals surface area contributed by atoms with E-state index < -0.39 is 11.9 Å². The molecule has 0 aliphatic rings. The molecule has 0 fully saturated rings. The summed E-state index contributed by atoms with van der Waals surface area (Å²) in [6, 6.07) is 4.98. The van der Waals surface area contributed by atoms with Gasteiger partial charge in [-0.15, -0.1) is 0 Å². The molecule has 1 rings (SSSR count). The van der Waals surface area contributed by atoms with E-state index in [4.69, 9.17) is 9.47 Å². The predicted octanol–water partition coefficient (Wildman–Crippen LogP) is 3.09. The number of methoxy groups -OCH3 is 2. The van der Waals surface area contributed by atoms with Crippen molar-refractivity contribution >= 4 is 27.7 Å². The second kappa shape index (κ2) is 6.70. The first-order valence-corrected chi connectivity index (χ1v) is 6.67. The van der Waals surface area contributed by atoms with Gasteiger partial charge < -0.3 is 9.47 Å². The second-order valence-electron chi connectivity index (χ2n) is 4.46. The molecule has 19 heavy (non-hydrogen) atoms. The SMILES string of the molecule is COC(=O)C(C(=O)c1ccc(OC)c(Br)c1)C(C)C. The maximum atomic E-state index is 12.4. The van der Waals surface area contributed by atoms with Crippen molar-refractivity contribution in [2.75, 3.05) is 14.2 Å². The Morgan fingerprint density at radius 2 is 1.84 bits per heavy atom. The maximum absolute atomic E-state index is 12.4. The normalized spacial score (nSPS) is 12.1. The van der Waals surface area contributed by atoms with Crippen molar-refractivity contribution in [3.05, 3.63) is 28.2 Å². The van der Waals surface area contributed by atoms with Gasteiger partial charge in [-0.2, -0.15) is 0 Å². The van der Waals surface area contributed by atoms with Gasteiger partial charge in [0, 0.05) is 5.56 Å². The highest BCUT2D eigenvalue weighted by Gasteiger charge is 2.31. The third-order valence-electron chi connectivity index (χ3n) is 2.84. The molecule has 4 nitrogen and oxygen atoms in total. The van der Waals surface area contributed by atoms with E-state index in [1.54, 1.807) is 25.3 Å². The van der Waals surface area contributed by atoms with Gasteiger partial charge in [0.05, 0.1) is 18.7 Å². The first-order valence-electron chi connectivity index (χ1n) is 5.88. The zero-order valence-electron chi connectivity index (χ0n) is 11.4. The summed E-state index contributed by atoms with van der Waals surface area (Å²) in [5.41, 5.74) is 0.455. The van der Waals surface area contributed by atoms with E-state index in [0.29, 0.717) is 15.8 Å². The lowest BCUT2D eigenvalue weighted by molar-refractivity contribution is -0.144. The summed E-state index contributed by atoms with van der Waals surface area (Å²) in [6.07, 6.45) is 0. The van der Waals surface area contributed by atoms with E-state index in [9.17, 15) is 9.59 Å². The molecule has 0 heterocycles. The van der Waals surface area contributed by atoms with Crippen LogP contribution >= 0.6 is 15.9 Å². The monoisotopic (exact) mass is 328 g/mol. The third kappa shape index (κ3) is 3.56. The molecular formula is C14H17BrO4. The Labute approximate surface area is 121 Å². The van der Waals surface area contributed by atoms with Crippen molar-refractivity contribution in [1.82, 2.24) is 0 Å². The molecule has 5 heteroatoms. The number of carbonyl (C=O) groups is 2. The minimum absolute atomic E-state index is 0.124. The van der Waals surface area contributed by atoms with Crippen LogP contribution in [0, 0.1) is 11.8 Å². The first-order chi connectivity index (χ1) is 8.92. The number of ketones is 1. The number of hydrogen-bond donors (Lipinski definition) is 0. The number of Topliss-reactive ketones (excluding diaryl/α,β-unsaturated/α-hetero) is 1. The van der Waals surface area contributed by atoms with Crippen LogP contribution in [0.1, 0.15) is 24.2 Å². The van der Waals surface area contributed by atoms with E-state index in [1.165, 1.54) is 7.11 Å². The van der Waals surface area contributed by atoms with Crippen LogP contribution in [0.5, 0.6) is 5.75 Å². The fourth-order valence-electron chi connectivity index (χ4n) is 1.81. The van der Waals surface area contributed by atoms with Crippen LogP contribution in [0.3, 0.4) is 0 Å². The minimum atomic E-state index is -0.787. The van der Waals surface area contributed by atoms with Gasteiger partial charge >= 0.3 is 5.97 Å². The molecule has 104 valence electrons. The highest BCUT2D eigenvalue weighted by molar-refractivity contribution is 9.10. The minimum Gasteiger partial charge on any atom is -0.496 e. The molecule has 1 unspecified atom stereocenters. The molecule has 1 aromatic carbocycles. The van der Waals surface area contributed by atoms with Gasteiger partial charge in [0.15, 0.2) is 5.78 Å². The molecule has 0 radical (unpaired) electrons. The fraction of sp³-hybridized carbons (Fsp3) is 0.429. The largest absolute Gasteiger partial charge is 0.496 e. The van der Waals surface area contributed by atoms with Gasteiger partial charge in [0.25, 0.3) is 0 Å². The Hall–Kier alpha value is -1.36. The standard InChI is InChI=1S/C14H17BrO4/c1-8(2)12(14(17)19-4)13(16)9-5-6-11(18-3)10(15)7-9/h5-8,12H,1-4H3. The van der Waals surface area contributed by atoms with Crippen LogP contribution in [0.15, 0.2) is 22.7 Å². The molecular weight excluding hydrogens is 312 g/mol. The number of rotatable bonds is 5. The maximum Gasteiger partial charge on any atom is 0.316 e. The van der Waals surface area contributed by atoms with Crippen molar-refractivity contribution in [1.29, 1.82) is 0 Å². The van der Waals surface area contributed by atoms with Crippen molar-refractivity contribution in [3.8, 4) is 5.75 Å². The van der Waals surface area contributed by atoms with E-state index >= 15 is 0 Å². The Kier molecular flexibility index (Phi) is 5.54. The fourth-order valence-corrected chi connectivity index (χ4v) is 2.35. The number of hydrogen-bond acceptors (Lipinski definition) is 4. The van der Waals surface area contributed by atoms with Crippen LogP contribution in [-0.4, -0.2) is 26.0 Å². The summed E-state index contributed by atoms with van der Waals surface area (Å²) >= 11 is 3.32. The molecule has 1 atom stereocenters. The van der Waals surface area contributed by atoms with Crippen LogP contribution in [0.25, 0.3) is 0 Å². The Morgan fingerprint density at radius 3 is 2.26 bits per heavy atom. The topological polar surface area (TPSA) is 52.6 Å². The van der Waals surface area contributed by atoms with Crippen LogP contribution in [0.4, 0.5) is 0 Å². The average Bonchev–Trinajstić information content (AvgIpc) is 2.37. The van der Waals surface area contributed by atoms with Crippen molar-refractivity contribution in [2.24, 2.45) is 11.8 Å². The number of carbonyl (C=O) groups excluding carboxylic acids is 2.